The molecule has 1 heterocycles. The van der Waals surface area contributed by atoms with Crippen LogP contribution in [0.4, 0.5) is 0 Å². The highest BCUT2D eigenvalue weighted by atomic mass is 32.2. The van der Waals surface area contributed by atoms with Crippen molar-refractivity contribution < 1.29 is 9.63 Å². The predicted molar refractivity (Wildman–Crippen MR) is 84.2 cm³/mol. The van der Waals surface area contributed by atoms with Crippen LogP contribution in [0, 0.1) is 12.8 Å². The highest BCUT2D eigenvalue weighted by Crippen LogP contribution is 2.22. The largest absolute Gasteiger partial charge is 0.393 e. The van der Waals surface area contributed by atoms with E-state index >= 15 is 0 Å². The fraction of sp³-hybridized carbons (Fsp3) is 0.500. The van der Waals surface area contributed by atoms with Crippen LogP contribution in [0.5, 0.6) is 0 Å². The Morgan fingerprint density at radius 3 is 2.86 bits per heavy atom. The number of aliphatic hydroxyl groups excluding tert-OH is 1. The molecule has 0 radical (unpaired) electrons. The minimum absolute atomic E-state index is 0.414. The summed E-state index contributed by atoms with van der Waals surface area (Å²) in [7, 11) is 0. The summed E-state index contributed by atoms with van der Waals surface area (Å²) < 4.78 is 5.19. The Morgan fingerprint density at radius 1 is 1.33 bits per heavy atom. The zero-order chi connectivity index (χ0) is 15.2. The number of thioether (sulfide) groups is 1. The molecule has 114 valence electrons. The first-order chi connectivity index (χ1) is 10.0. The van der Waals surface area contributed by atoms with Gasteiger partial charge in [-0.2, -0.15) is 4.98 Å². The lowest BCUT2D eigenvalue weighted by atomic mass is 10.0. The molecule has 1 aromatic carbocycles. The lowest BCUT2D eigenvalue weighted by Crippen LogP contribution is -2.13. The van der Waals surface area contributed by atoms with Crippen LogP contribution in [0.1, 0.15) is 37.5 Å². The van der Waals surface area contributed by atoms with E-state index in [-0.39, 0.29) is 0 Å². The SMILES string of the molecule is Cc1cccc(SCc2noc(CC(O)CC(C)C)n2)c1. The highest BCUT2D eigenvalue weighted by molar-refractivity contribution is 7.98. The molecule has 0 saturated carbocycles. The first-order valence-electron chi connectivity index (χ1n) is 7.22. The van der Waals surface area contributed by atoms with Crippen LogP contribution in [-0.2, 0) is 12.2 Å². The first kappa shape index (κ1) is 16.0. The molecule has 0 amide bonds. The molecule has 1 unspecified atom stereocenters. The fourth-order valence-electron chi connectivity index (χ4n) is 2.11. The van der Waals surface area contributed by atoms with Crippen molar-refractivity contribution in [1.82, 2.24) is 10.1 Å². The molecule has 1 N–H and O–H groups in total. The molecule has 0 spiro atoms. The van der Waals surface area contributed by atoms with E-state index in [2.05, 4.69) is 49.1 Å². The summed E-state index contributed by atoms with van der Waals surface area (Å²) in [6.45, 7) is 6.24. The second kappa shape index (κ2) is 7.61. The van der Waals surface area contributed by atoms with Crippen LogP contribution >= 0.6 is 11.8 Å². The zero-order valence-electron chi connectivity index (χ0n) is 12.7. The van der Waals surface area contributed by atoms with Gasteiger partial charge in [0.15, 0.2) is 5.82 Å². The molecule has 2 rings (SSSR count). The maximum absolute atomic E-state index is 9.89. The van der Waals surface area contributed by atoms with Crippen LogP contribution in [0.3, 0.4) is 0 Å². The van der Waals surface area contributed by atoms with Crippen molar-refractivity contribution in [1.29, 1.82) is 0 Å². The third kappa shape index (κ3) is 5.52. The smallest absolute Gasteiger partial charge is 0.229 e. The van der Waals surface area contributed by atoms with Crippen LogP contribution in [0.15, 0.2) is 33.7 Å². The van der Waals surface area contributed by atoms with Crippen molar-refractivity contribution in [3.8, 4) is 0 Å². The van der Waals surface area contributed by atoms with Gasteiger partial charge in [-0.25, -0.2) is 0 Å². The summed E-state index contributed by atoms with van der Waals surface area (Å²) in [6, 6.07) is 8.33. The minimum Gasteiger partial charge on any atom is -0.393 e. The van der Waals surface area contributed by atoms with E-state index in [1.165, 1.54) is 10.5 Å². The maximum atomic E-state index is 9.89. The lowest BCUT2D eigenvalue weighted by molar-refractivity contribution is 0.138. The molecule has 1 atom stereocenters. The Kier molecular flexibility index (Phi) is 5.82. The van der Waals surface area contributed by atoms with Gasteiger partial charge in [-0.05, 0) is 31.4 Å². The van der Waals surface area contributed by atoms with Crippen molar-refractivity contribution in [3.63, 3.8) is 0 Å². The molecule has 4 nitrogen and oxygen atoms in total. The molecule has 0 aliphatic rings. The predicted octanol–water partition coefficient (Wildman–Crippen LogP) is 3.62. The Morgan fingerprint density at radius 2 is 2.14 bits per heavy atom. The molecule has 2 aromatic rings. The molecule has 21 heavy (non-hydrogen) atoms. The summed E-state index contributed by atoms with van der Waals surface area (Å²) in [5.41, 5.74) is 1.24. The van der Waals surface area contributed by atoms with E-state index in [0.29, 0.717) is 29.8 Å². The molecule has 5 heteroatoms. The number of nitrogens with zero attached hydrogens (tertiary/aromatic N) is 2. The highest BCUT2D eigenvalue weighted by Gasteiger charge is 2.13. The maximum Gasteiger partial charge on any atom is 0.229 e. The Hall–Kier alpha value is -1.33. The summed E-state index contributed by atoms with van der Waals surface area (Å²) in [6.07, 6.45) is 0.762. The number of aryl methyl sites for hydroxylation is 1. The average molecular weight is 306 g/mol. The minimum atomic E-state index is -0.414. The summed E-state index contributed by atoms with van der Waals surface area (Å²) >= 11 is 1.68. The van der Waals surface area contributed by atoms with Gasteiger partial charge in [-0.1, -0.05) is 36.7 Å². The van der Waals surface area contributed by atoms with Gasteiger partial charge in [-0.15, -0.1) is 11.8 Å². The quantitative estimate of drug-likeness (QED) is 0.792. The molecule has 0 saturated heterocycles. The van der Waals surface area contributed by atoms with Gasteiger partial charge < -0.3 is 9.63 Å². The Balaban J connectivity index is 1.85. The number of aliphatic hydroxyl groups is 1. The van der Waals surface area contributed by atoms with Crippen LogP contribution < -0.4 is 0 Å². The Labute approximate surface area is 130 Å². The molecule has 0 aliphatic heterocycles. The van der Waals surface area contributed by atoms with Crippen LogP contribution in [0.25, 0.3) is 0 Å². The molecular weight excluding hydrogens is 284 g/mol. The standard InChI is InChI=1S/C16H22N2O2S/c1-11(2)7-13(19)9-16-17-15(18-20-16)10-21-14-6-4-5-12(3)8-14/h4-6,8,11,13,19H,7,9-10H2,1-3H3. The van der Waals surface area contributed by atoms with Gasteiger partial charge in [0.1, 0.15) is 0 Å². The van der Waals surface area contributed by atoms with E-state index in [1.54, 1.807) is 11.8 Å². The van der Waals surface area contributed by atoms with E-state index in [9.17, 15) is 5.11 Å². The number of hydrogen-bond donors (Lipinski definition) is 1. The number of rotatable bonds is 7. The van der Waals surface area contributed by atoms with E-state index in [4.69, 9.17) is 4.52 Å². The normalized spacial score (nSPS) is 12.8. The molecule has 0 fully saturated rings. The van der Waals surface area contributed by atoms with Crippen LogP contribution in [-0.4, -0.2) is 21.4 Å². The Bertz CT molecular complexity index is 569. The number of benzene rings is 1. The van der Waals surface area contributed by atoms with Crippen molar-refractivity contribution >= 4 is 11.8 Å². The average Bonchev–Trinajstić information content (AvgIpc) is 2.83. The zero-order valence-corrected chi connectivity index (χ0v) is 13.6. The second-order valence-electron chi connectivity index (χ2n) is 5.70. The second-order valence-corrected chi connectivity index (χ2v) is 6.75. The van der Waals surface area contributed by atoms with Gasteiger partial charge >= 0.3 is 0 Å². The van der Waals surface area contributed by atoms with E-state index in [1.807, 2.05) is 6.07 Å². The van der Waals surface area contributed by atoms with Gasteiger partial charge in [0, 0.05) is 4.90 Å². The molecule has 1 aromatic heterocycles. The van der Waals surface area contributed by atoms with Crippen molar-refractivity contribution in [2.45, 2.75) is 50.4 Å². The van der Waals surface area contributed by atoms with Gasteiger partial charge in [0.25, 0.3) is 0 Å². The molecule has 0 bridgehead atoms. The van der Waals surface area contributed by atoms with Crippen LogP contribution in [0.2, 0.25) is 0 Å². The molecule has 0 aliphatic carbocycles. The molecular formula is C16H22N2O2S. The van der Waals surface area contributed by atoms with E-state index < -0.39 is 6.10 Å². The van der Waals surface area contributed by atoms with Gasteiger partial charge in [-0.3, -0.25) is 0 Å². The topological polar surface area (TPSA) is 59.2 Å². The summed E-state index contributed by atoms with van der Waals surface area (Å²) in [5, 5.41) is 13.9. The number of hydrogen-bond acceptors (Lipinski definition) is 5. The van der Waals surface area contributed by atoms with Crippen molar-refractivity contribution in [3.05, 3.63) is 41.5 Å². The lowest BCUT2D eigenvalue weighted by Gasteiger charge is -2.09. The van der Waals surface area contributed by atoms with Crippen molar-refractivity contribution in [2.24, 2.45) is 5.92 Å². The summed E-state index contributed by atoms with van der Waals surface area (Å²) in [4.78, 5) is 5.53. The van der Waals surface area contributed by atoms with E-state index in [0.717, 1.165) is 6.42 Å². The van der Waals surface area contributed by atoms with Gasteiger partial charge in [0.2, 0.25) is 5.89 Å². The first-order valence-corrected chi connectivity index (χ1v) is 8.20. The number of aromatic nitrogens is 2. The fourth-order valence-corrected chi connectivity index (χ4v) is 2.97. The third-order valence-electron chi connectivity index (χ3n) is 3.02. The van der Waals surface area contributed by atoms with Crippen molar-refractivity contribution in [2.75, 3.05) is 0 Å². The third-order valence-corrected chi connectivity index (χ3v) is 4.01. The summed E-state index contributed by atoms with van der Waals surface area (Å²) in [5.74, 6) is 2.32. The monoisotopic (exact) mass is 306 g/mol. The van der Waals surface area contributed by atoms with Gasteiger partial charge in [0.05, 0.1) is 18.3 Å².